The number of methoxy groups -OCH3 is 1. The Kier molecular flexibility index (Phi) is 4.05. The molecule has 2 aliphatic rings. The van der Waals surface area contributed by atoms with Gasteiger partial charge < -0.3 is 14.7 Å². The number of carbonyl (C=O) groups excluding carboxylic acids is 2. The minimum Gasteiger partial charge on any atom is -0.467 e. The zero-order chi connectivity index (χ0) is 16.4. The van der Waals surface area contributed by atoms with Crippen molar-refractivity contribution >= 4 is 11.9 Å². The molecule has 1 aliphatic heterocycles. The number of rotatable bonds is 2. The molecule has 0 bridgehead atoms. The minimum atomic E-state index is -1.63. The number of nitrogens with zero attached hydrogens (tertiary/aromatic N) is 1. The van der Waals surface area contributed by atoms with Crippen LogP contribution in [-0.2, 0) is 9.53 Å². The van der Waals surface area contributed by atoms with E-state index in [1.54, 1.807) is 23.1 Å². The van der Waals surface area contributed by atoms with Crippen molar-refractivity contribution in [2.24, 2.45) is 0 Å². The summed E-state index contributed by atoms with van der Waals surface area (Å²) in [6.07, 6.45) is 4.83. The molecule has 5 nitrogen and oxygen atoms in total. The second kappa shape index (κ2) is 6.01. The largest absolute Gasteiger partial charge is 0.467 e. The third kappa shape index (κ3) is 2.80. The van der Waals surface area contributed by atoms with Crippen molar-refractivity contribution in [2.75, 3.05) is 13.7 Å². The molecule has 0 radical (unpaired) electrons. The van der Waals surface area contributed by atoms with E-state index in [9.17, 15) is 14.7 Å². The maximum atomic E-state index is 12.7. The fraction of sp³-hybridized carbons (Fsp3) is 0.333. The first-order chi connectivity index (χ1) is 11.0. The van der Waals surface area contributed by atoms with Crippen LogP contribution in [0.3, 0.4) is 0 Å². The third-order valence-corrected chi connectivity index (χ3v) is 4.32. The second-order valence-electron chi connectivity index (χ2n) is 5.84. The number of amides is 1. The van der Waals surface area contributed by atoms with Gasteiger partial charge in [-0.05, 0) is 42.7 Å². The van der Waals surface area contributed by atoms with Crippen LogP contribution >= 0.6 is 0 Å². The van der Waals surface area contributed by atoms with Gasteiger partial charge in [0.25, 0.3) is 5.91 Å². The van der Waals surface area contributed by atoms with Crippen molar-refractivity contribution in [3.05, 3.63) is 59.3 Å². The standard InChI is InChI=1S/C18H19NO4/c1-23-17(21)18(22)10-9-15-14(12-18)8-5-11-19(15)16(20)13-6-3-2-4-7-13/h2-4,6-7,9-10,22H,5,8,11-12H2,1H3. The Balaban J connectivity index is 1.89. The van der Waals surface area contributed by atoms with Gasteiger partial charge in [0.1, 0.15) is 0 Å². The molecular formula is C18H19NO4. The van der Waals surface area contributed by atoms with Crippen LogP contribution in [0.5, 0.6) is 0 Å². The van der Waals surface area contributed by atoms with Crippen LogP contribution in [0.4, 0.5) is 0 Å². The first-order valence-corrected chi connectivity index (χ1v) is 7.64. The van der Waals surface area contributed by atoms with Crippen molar-refractivity contribution in [3.63, 3.8) is 0 Å². The molecule has 0 spiro atoms. The summed E-state index contributed by atoms with van der Waals surface area (Å²) in [7, 11) is 1.25. The molecule has 120 valence electrons. The monoisotopic (exact) mass is 313 g/mol. The van der Waals surface area contributed by atoms with Gasteiger partial charge in [0.15, 0.2) is 5.60 Å². The predicted octanol–water partition coefficient (Wildman–Crippen LogP) is 2.04. The molecule has 3 rings (SSSR count). The van der Waals surface area contributed by atoms with E-state index in [2.05, 4.69) is 4.74 Å². The number of allylic oxidation sites excluding steroid dienone is 1. The molecule has 0 saturated heterocycles. The normalized spacial score (nSPS) is 23.5. The Hall–Kier alpha value is -2.40. The van der Waals surface area contributed by atoms with Gasteiger partial charge in [0, 0.05) is 24.2 Å². The van der Waals surface area contributed by atoms with E-state index < -0.39 is 11.6 Å². The molecule has 5 heteroatoms. The SMILES string of the molecule is COC(=O)C1(O)C=CC2=C(CCCN2C(=O)c2ccccc2)C1. The Morgan fingerprint density at radius 3 is 2.70 bits per heavy atom. The van der Waals surface area contributed by atoms with Crippen molar-refractivity contribution in [3.8, 4) is 0 Å². The van der Waals surface area contributed by atoms with Crippen LogP contribution in [0.25, 0.3) is 0 Å². The lowest BCUT2D eigenvalue weighted by Crippen LogP contribution is -2.43. The average molecular weight is 313 g/mol. The molecular weight excluding hydrogens is 294 g/mol. The van der Waals surface area contributed by atoms with E-state index in [4.69, 9.17) is 0 Å². The van der Waals surface area contributed by atoms with Gasteiger partial charge in [-0.1, -0.05) is 18.2 Å². The Bertz CT molecular complexity index is 692. The first-order valence-electron chi connectivity index (χ1n) is 7.64. The lowest BCUT2D eigenvalue weighted by atomic mass is 9.84. The molecule has 1 aromatic carbocycles. The van der Waals surface area contributed by atoms with Gasteiger partial charge >= 0.3 is 5.97 Å². The lowest BCUT2D eigenvalue weighted by Gasteiger charge is -2.36. The Morgan fingerprint density at radius 1 is 1.26 bits per heavy atom. The van der Waals surface area contributed by atoms with Crippen LogP contribution in [0.1, 0.15) is 29.6 Å². The number of carbonyl (C=O) groups is 2. The van der Waals surface area contributed by atoms with Gasteiger partial charge in [0.05, 0.1) is 7.11 Å². The van der Waals surface area contributed by atoms with Crippen LogP contribution in [0, 0.1) is 0 Å². The molecule has 0 aromatic heterocycles. The van der Waals surface area contributed by atoms with E-state index in [1.807, 2.05) is 18.2 Å². The lowest BCUT2D eigenvalue weighted by molar-refractivity contribution is -0.157. The molecule has 0 fully saturated rings. The van der Waals surface area contributed by atoms with E-state index in [0.29, 0.717) is 12.1 Å². The highest BCUT2D eigenvalue weighted by atomic mass is 16.5. The zero-order valence-electron chi connectivity index (χ0n) is 13.0. The van der Waals surface area contributed by atoms with Gasteiger partial charge in [0.2, 0.25) is 0 Å². The predicted molar refractivity (Wildman–Crippen MR) is 84.5 cm³/mol. The summed E-state index contributed by atoms with van der Waals surface area (Å²) in [4.78, 5) is 26.2. The summed E-state index contributed by atoms with van der Waals surface area (Å²) in [6.45, 7) is 0.632. The average Bonchev–Trinajstić information content (AvgIpc) is 2.60. The summed E-state index contributed by atoms with van der Waals surface area (Å²) >= 11 is 0. The third-order valence-electron chi connectivity index (χ3n) is 4.32. The highest BCUT2D eigenvalue weighted by Crippen LogP contribution is 2.35. The maximum absolute atomic E-state index is 12.7. The summed E-state index contributed by atoms with van der Waals surface area (Å²) in [6, 6.07) is 9.11. The van der Waals surface area contributed by atoms with Crippen molar-refractivity contribution in [1.82, 2.24) is 4.90 Å². The molecule has 0 saturated carbocycles. The minimum absolute atomic E-state index is 0.0639. The first kappa shape index (κ1) is 15.5. The molecule has 1 amide bonds. The number of aliphatic hydroxyl groups is 1. The Morgan fingerprint density at radius 2 is 2.00 bits per heavy atom. The Labute approximate surface area is 134 Å². The molecule has 1 aliphatic carbocycles. The van der Waals surface area contributed by atoms with Gasteiger partial charge in [-0.2, -0.15) is 0 Å². The fourth-order valence-corrected chi connectivity index (χ4v) is 3.14. The maximum Gasteiger partial charge on any atom is 0.342 e. The quantitative estimate of drug-likeness (QED) is 0.849. The highest BCUT2D eigenvalue weighted by Gasteiger charge is 2.40. The molecule has 1 N–H and O–H groups in total. The van der Waals surface area contributed by atoms with Crippen LogP contribution in [0.15, 0.2) is 53.8 Å². The summed E-state index contributed by atoms with van der Waals surface area (Å²) < 4.78 is 4.67. The van der Waals surface area contributed by atoms with Crippen molar-refractivity contribution in [1.29, 1.82) is 0 Å². The fourth-order valence-electron chi connectivity index (χ4n) is 3.14. The molecule has 1 atom stereocenters. The molecule has 1 unspecified atom stereocenters. The number of benzene rings is 1. The second-order valence-corrected chi connectivity index (χ2v) is 5.84. The topological polar surface area (TPSA) is 66.8 Å². The van der Waals surface area contributed by atoms with Crippen molar-refractivity contribution < 1.29 is 19.4 Å². The van der Waals surface area contributed by atoms with Gasteiger partial charge in [-0.15, -0.1) is 0 Å². The van der Waals surface area contributed by atoms with Gasteiger partial charge in [-0.25, -0.2) is 4.79 Å². The zero-order valence-corrected chi connectivity index (χ0v) is 13.0. The van der Waals surface area contributed by atoms with E-state index in [-0.39, 0.29) is 12.3 Å². The molecule has 23 heavy (non-hydrogen) atoms. The highest BCUT2D eigenvalue weighted by molar-refractivity contribution is 5.96. The molecule has 1 heterocycles. The molecule has 1 aromatic rings. The van der Waals surface area contributed by atoms with Gasteiger partial charge in [-0.3, -0.25) is 4.79 Å². The summed E-state index contributed by atoms with van der Waals surface area (Å²) in [5.41, 5.74) is 0.699. The smallest absolute Gasteiger partial charge is 0.342 e. The van der Waals surface area contributed by atoms with Crippen LogP contribution in [-0.4, -0.2) is 41.1 Å². The number of esters is 1. The van der Waals surface area contributed by atoms with Crippen LogP contribution < -0.4 is 0 Å². The number of ether oxygens (including phenoxy) is 1. The number of hydrogen-bond acceptors (Lipinski definition) is 4. The van der Waals surface area contributed by atoms with E-state index in [0.717, 1.165) is 24.1 Å². The summed E-state index contributed by atoms with van der Waals surface area (Å²) in [5, 5.41) is 10.4. The van der Waals surface area contributed by atoms with E-state index >= 15 is 0 Å². The van der Waals surface area contributed by atoms with Crippen molar-refractivity contribution in [2.45, 2.75) is 24.9 Å². The number of hydrogen-bond donors (Lipinski definition) is 1. The van der Waals surface area contributed by atoms with E-state index in [1.165, 1.54) is 13.2 Å². The van der Waals surface area contributed by atoms with Crippen LogP contribution in [0.2, 0.25) is 0 Å². The summed E-state index contributed by atoms with van der Waals surface area (Å²) in [5.74, 6) is -0.738.